The summed E-state index contributed by atoms with van der Waals surface area (Å²) in [6.45, 7) is 5.43. The van der Waals surface area contributed by atoms with E-state index < -0.39 is 27.4 Å². The first-order valence-electron chi connectivity index (χ1n) is 7.91. The minimum absolute atomic E-state index is 0.00888. The molecule has 0 radical (unpaired) electrons. The Hall–Kier alpha value is -2.51. The van der Waals surface area contributed by atoms with Crippen LogP contribution in [0.4, 0.5) is 10.5 Å². The fourth-order valence-electron chi connectivity index (χ4n) is 2.20. The van der Waals surface area contributed by atoms with E-state index in [0.717, 1.165) is 0 Å². The summed E-state index contributed by atoms with van der Waals surface area (Å²) in [5.41, 5.74) is -1.13. The lowest BCUT2D eigenvalue weighted by molar-refractivity contribution is 0.0477. The third-order valence-corrected chi connectivity index (χ3v) is 4.02. The number of rotatable bonds is 6. The van der Waals surface area contributed by atoms with Gasteiger partial charge >= 0.3 is 6.09 Å². The van der Waals surface area contributed by atoms with Crippen LogP contribution < -0.4 is 19.9 Å². The molecule has 1 aliphatic carbocycles. The zero-order valence-corrected chi connectivity index (χ0v) is 15.6. The van der Waals surface area contributed by atoms with Gasteiger partial charge in [0.2, 0.25) is 0 Å². The molecule has 0 aliphatic heterocycles. The van der Waals surface area contributed by atoms with Gasteiger partial charge in [-0.1, -0.05) is 6.07 Å². The summed E-state index contributed by atoms with van der Waals surface area (Å²) in [6.07, 6.45) is 0.885. The van der Waals surface area contributed by atoms with Crippen molar-refractivity contribution in [3.05, 3.63) is 23.8 Å². The summed E-state index contributed by atoms with van der Waals surface area (Å²) in [4.78, 5) is 11.9. The molecule has 26 heavy (non-hydrogen) atoms. The average Bonchev–Trinajstić information content (AvgIpc) is 3.21. The third kappa shape index (κ3) is 5.79. The number of carbonyl (C=O) groups is 1. The van der Waals surface area contributed by atoms with Crippen molar-refractivity contribution in [2.45, 2.75) is 44.8 Å². The fraction of sp³-hybridized carbons (Fsp3) is 0.500. The third-order valence-electron chi connectivity index (χ3n) is 3.51. The molecular weight excluding hydrogens is 360 g/mol. The number of amides is 1. The maximum atomic E-state index is 11.9. The zero-order valence-electron chi connectivity index (χ0n) is 14.8. The van der Waals surface area contributed by atoms with Gasteiger partial charge < -0.3 is 14.8 Å². The first-order valence-corrected chi connectivity index (χ1v) is 9.45. The van der Waals surface area contributed by atoms with E-state index in [1.54, 1.807) is 20.8 Å². The van der Waals surface area contributed by atoms with Crippen molar-refractivity contribution >= 4 is 22.0 Å². The first kappa shape index (κ1) is 19.8. The highest BCUT2D eigenvalue weighted by molar-refractivity contribution is 7.90. The number of carbonyl (C=O) groups excluding carboxylic acids is 1. The summed E-state index contributed by atoms with van der Waals surface area (Å²) in [6, 6.07) is 6.37. The smallest absolute Gasteiger partial charge is 0.408 e. The molecule has 0 aromatic heterocycles. The van der Waals surface area contributed by atoms with Crippen LogP contribution in [0.25, 0.3) is 0 Å². The molecule has 1 aromatic rings. The minimum Gasteiger partial charge on any atom is -0.490 e. The quantitative estimate of drug-likeness (QED) is 0.682. The molecule has 4 N–H and O–H groups in total. The summed E-state index contributed by atoms with van der Waals surface area (Å²) in [5.74, 6) is 0.193. The highest BCUT2D eigenvalue weighted by atomic mass is 32.2. The van der Waals surface area contributed by atoms with Crippen molar-refractivity contribution in [1.29, 1.82) is 5.26 Å². The van der Waals surface area contributed by atoms with Crippen molar-refractivity contribution in [2.75, 3.05) is 11.3 Å². The fourth-order valence-corrected chi connectivity index (χ4v) is 2.67. The average molecular weight is 382 g/mol. The molecule has 0 unspecified atom stereocenters. The van der Waals surface area contributed by atoms with E-state index in [-0.39, 0.29) is 23.6 Å². The van der Waals surface area contributed by atoms with Gasteiger partial charge in [0.1, 0.15) is 29.6 Å². The van der Waals surface area contributed by atoms with Crippen molar-refractivity contribution in [2.24, 2.45) is 5.14 Å². The molecule has 0 spiro atoms. The van der Waals surface area contributed by atoms with Crippen LogP contribution in [-0.4, -0.2) is 32.3 Å². The van der Waals surface area contributed by atoms with Crippen LogP contribution in [0.15, 0.2) is 18.2 Å². The van der Waals surface area contributed by atoms with E-state index in [4.69, 9.17) is 14.6 Å². The van der Waals surface area contributed by atoms with Crippen LogP contribution >= 0.6 is 0 Å². The summed E-state index contributed by atoms with van der Waals surface area (Å²) in [5, 5.41) is 17.1. The van der Waals surface area contributed by atoms with Gasteiger partial charge in [0.15, 0.2) is 0 Å². The minimum atomic E-state index is -4.02. The van der Waals surface area contributed by atoms with E-state index in [0.29, 0.717) is 12.8 Å². The van der Waals surface area contributed by atoms with Gasteiger partial charge in [-0.15, -0.1) is 0 Å². The van der Waals surface area contributed by atoms with E-state index in [1.807, 2.05) is 6.07 Å². The number of nitriles is 1. The number of alkyl carbamates (subject to hydrolysis) is 1. The molecule has 1 amide bonds. The molecule has 0 atom stereocenters. The Morgan fingerprint density at radius 3 is 2.54 bits per heavy atom. The Labute approximate surface area is 152 Å². The van der Waals surface area contributed by atoms with Gasteiger partial charge in [0.05, 0.1) is 11.2 Å². The van der Waals surface area contributed by atoms with Crippen molar-refractivity contribution < 1.29 is 22.7 Å². The Bertz CT molecular complexity index is 835. The van der Waals surface area contributed by atoms with Crippen LogP contribution in [0.2, 0.25) is 0 Å². The van der Waals surface area contributed by atoms with Crippen LogP contribution in [0.3, 0.4) is 0 Å². The van der Waals surface area contributed by atoms with Crippen molar-refractivity contribution in [3.63, 3.8) is 0 Å². The van der Waals surface area contributed by atoms with Crippen LogP contribution in [0.5, 0.6) is 5.75 Å². The standard InChI is InChI=1S/C16H22N4O5S/c1-15(2,3)25-14(21)19-16(7-8-16)10-24-13-6-4-5-12(11(13)9-17)20-26(18,22)23/h4-6,20H,7-8,10H2,1-3H3,(H,19,21)(H2,18,22,23). The molecule has 10 heteroatoms. The number of ether oxygens (including phenoxy) is 2. The number of hydrogen-bond donors (Lipinski definition) is 3. The first-order chi connectivity index (χ1) is 11.9. The van der Waals surface area contributed by atoms with Crippen LogP contribution in [0, 0.1) is 11.3 Å². The number of nitrogens with two attached hydrogens (primary N) is 1. The van der Waals surface area contributed by atoms with Gasteiger partial charge in [-0.25, -0.2) is 9.93 Å². The van der Waals surface area contributed by atoms with Crippen molar-refractivity contribution in [3.8, 4) is 11.8 Å². The Morgan fingerprint density at radius 1 is 1.38 bits per heavy atom. The number of nitrogens with zero attached hydrogens (tertiary/aromatic N) is 1. The predicted molar refractivity (Wildman–Crippen MR) is 94.7 cm³/mol. The van der Waals surface area contributed by atoms with Gasteiger partial charge in [-0.05, 0) is 45.7 Å². The lowest BCUT2D eigenvalue weighted by Crippen LogP contribution is -2.44. The van der Waals surface area contributed by atoms with Crippen LogP contribution in [0.1, 0.15) is 39.2 Å². The Morgan fingerprint density at radius 2 is 2.04 bits per heavy atom. The normalized spacial score (nSPS) is 15.5. The van der Waals surface area contributed by atoms with Gasteiger partial charge in [0.25, 0.3) is 10.2 Å². The number of hydrogen-bond acceptors (Lipinski definition) is 6. The molecule has 1 fully saturated rings. The van der Waals surface area contributed by atoms with Crippen LogP contribution in [-0.2, 0) is 14.9 Å². The molecule has 1 aromatic carbocycles. The monoisotopic (exact) mass is 382 g/mol. The summed E-state index contributed by atoms with van der Waals surface area (Å²) < 4.78 is 35.4. The second-order valence-electron chi connectivity index (χ2n) is 7.13. The number of nitrogens with one attached hydrogen (secondary N) is 2. The summed E-state index contributed by atoms with van der Waals surface area (Å²) >= 11 is 0. The van der Waals surface area contributed by atoms with E-state index in [1.165, 1.54) is 18.2 Å². The van der Waals surface area contributed by atoms with Crippen molar-refractivity contribution in [1.82, 2.24) is 5.32 Å². The molecule has 1 saturated carbocycles. The molecule has 0 bridgehead atoms. The van der Waals surface area contributed by atoms with Gasteiger partial charge in [-0.2, -0.15) is 13.7 Å². The highest BCUT2D eigenvalue weighted by Gasteiger charge is 2.46. The molecule has 1 aliphatic rings. The second-order valence-corrected chi connectivity index (χ2v) is 8.43. The Kier molecular flexibility index (Phi) is 5.34. The lowest BCUT2D eigenvalue weighted by Gasteiger charge is -2.23. The highest BCUT2D eigenvalue weighted by Crippen LogP contribution is 2.37. The number of anilines is 1. The SMILES string of the molecule is CC(C)(C)OC(=O)NC1(COc2cccc(NS(N)(=O)=O)c2C#N)CC1. The molecule has 9 nitrogen and oxygen atoms in total. The largest absolute Gasteiger partial charge is 0.490 e. The maximum Gasteiger partial charge on any atom is 0.408 e. The Balaban J connectivity index is 2.07. The number of benzene rings is 1. The predicted octanol–water partition coefficient (Wildman–Crippen LogP) is 1.61. The molecule has 2 rings (SSSR count). The maximum absolute atomic E-state index is 11.9. The molecule has 0 heterocycles. The summed E-state index contributed by atoms with van der Waals surface area (Å²) in [7, 11) is -4.02. The molecule has 0 saturated heterocycles. The molecular formula is C16H22N4O5S. The zero-order chi connectivity index (χ0) is 19.6. The van der Waals surface area contributed by atoms with E-state index in [9.17, 15) is 18.5 Å². The van der Waals surface area contributed by atoms with Gasteiger partial charge in [-0.3, -0.25) is 4.72 Å². The lowest BCUT2D eigenvalue weighted by atomic mass is 10.2. The molecule has 142 valence electrons. The topological polar surface area (TPSA) is 144 Å². The second kappa shape index (κ2) is 7.01. The van der Waals surface area contributed by atoms with E-state index >= 15 is 0 Å². The van der Waals surface area contributed by atoms with E-state index in [2.05, 4.69) is 10.0 Å². The van der Waals surface area contributed by atoms with Gasteiger partial charge in [0, 0.05) is 0 Å².